The van der Waals surface area contributed by atoms with E-state index in [1.165, 1.54) is 0 Å². The van der Waals surface area contributed by atoms with E-state index in [0.29, 0.717) is 30.2 Å². The Morgan fingerprint density at radius 1 is 1.12 bits per heavy atom. The van der Waals surface area contributed by atoms with Gasteiger partial charge in [0.05, 0.1) is 23.9 Å². The third-order valence-electron chi connectivity index (χ3n) is 5.62. The summed E-state index contributed by atoms with van der Waals surface area (Å²) in [5.74, 6) is -0.0885. The summed E-state index contributed by atoms with van der Waals surface area (Å²) in [6, 6.07) is 19.4. The molecule has 2 aromatic heterocycles. The molecule has 0 aliphatic rings. The van der Waals surface area contributed by atoms with Gasteiger partial charge >= 0.3 is 0 Å². The maximum Gasteiger partial charge on any atom is 0.232 e. The predicted octanol–water partition coefficient (Wildman–Crippen LogP) is 4.31. The van der Waals surface area contributed by atoms with Gasteiger partial charge in [0.1, 0.15) is 0 Å². The highest BCUT2D eigenvalue weighted by Gasteiger charge is 2.38. The third-order valence-corrected chi connectivity index (χ3v) is 5.87. The average Bonchev–Trinajstić information content (AvgIpc) is 3.24. The van der Waals surface area contributed by atoms with Crippen molar-refractivity contribution in [1.29, 1.82) is 0 Å². The topological polar surface area (TPSA) is 68.5 Å². The molecule has 0 radical (unpaired) electrons. The van der Waals surface area contributed by atoms with Crippen LogP contribution < -0.4 is 5.32 Å². The van der Waals surface area contributed by atoms with Crippen molar-refractivity contribution in [1.82, 2.24) is 19.9 Å². The number of nitrogens with one attached hydrogen (secondary N) is 1. The van der Waals surface area contributed by atoms with Crippen LogP contribution in [0.4, 0.5) is 0 Å². The lowest BCUT2D eigenvalue weighted by molar-refractivity contribution is -0.126. The van der Waals surface area contributed by atoms with E-state index in [0.717, 1.165) is 22.4 Å². The number of nitrogens with zero attached hydrogens (tertiary/aromatic N) is 3. The number of aromatic nitrogens is 3. The minimum atomic E-state index is -0.875. The van der Waals surface area contributed by atoms with Crippen LogP contribution in [0.15, 0.2) is 73.1 Å². The Morgan fingerprint density at radius 3 is 2.59 bits per heavy atom. The van der Waals surface area contributed by atoms with Gasteiger partial charge < -0.3 is 10.1 Å². The Bertz CT molecular complexity index is 1210. The highest BCUT2D eigenvalue weighted by Crippen LogP contribution is 2.32. The summed E-state index contributed by atoms with van der Waals surface area (Å²) in [5, 5.41) is 8.30. The standard InChI is InChI=1S/C25H25ClN4O2/c1-25(24(31)28-14-15-32-2,16-18-6-4-3-5-7-18)22-12-13-27-23-21(17-29-30(22)23)19-8-10-20(26)11-9-19/h3-13,17H,14-16H2,1-2H3,(H,28,31). The van der Waals surface area contributed by atoms with E-state index >= 15 is 0 Å². The minimum Gasteiger partial charge on any atom is -0.383 e. The van der Waals surface area contributed by atoms with Crippen LogP contribution >= 0.6 is 11.6 Å². The van der Waals surface area contributed by atoms with Gasteiger partial charge in [-0.05, 0) is 42.7 Å². The van der Waals surface area contributed by atoms with Crippen molar-refractivity contribution in [2.45, 2.75) is 18.8 Å². The van der Waals surface area contributed by atoms with Crippen LogP contribution in [0.1, 0.15) is 18.2 Å². The molecule has 32 heavy (non-hydrogen) atoms. The van der Waals surface area contributed by atoms with E-state index in [2.05, 4.69) is 15.4 Å². The number of amides is 1. The van der Waals surface area contributed by atoms with E-state index in [1.54, 1.807) is 24.0 Å². The molecule has 0 aliphatic carbocycles. The van der Waals surface area contributed by atoms with Crippen LogP contribution in [0.25, 0.3) is 16.8 Å². The van der Waals surface area contributed by atoms with Gasteiger partial charge in [0.2, 0.25) is 5.91 Å². The largest absolute Gasteiger partial charge is 0.383 e. The van der Waals surface area contributed by atoms with Gasteiger partial charge in [-0.3, -0.25) is 4.79 Å². The molecule has 0 saturated carbocycles. The summed E-state index contributed by atoms with van der Waals surface area (Å²) in [6.45, 7) is 2.82. The van der Waals surface area contributed by atoms with E-state index in [1.807, 2.05) is 67.6 Å². The first-order valence-corrected chi connectivity index (χ1v) is 10.8. The van der Waals surface area contributed by atoms with Crippen LogP contribution in [0.3, 0.4) is 0 Å². The molecule has 164 valence electrons. The first-order chi connectivity index (χ1) is 15.5. The van der Waals surface area contributed by atoms with Crippen molar-refractivity contribution in [3.05, 3.63) is 89.3 Å². The van der Waals surface area contributed by atoms with Crippen molar-refractivity contribution in [3.8, 4) is 11.1 Å². The van der Waals surface area contributed by atoms with Gasteiger partial charge in [-0.2, -0.15) is 5.10 Å². The number of halogens is 1. The fourth-order valence-corrected chi connectivity index (χ4v) is 4.02. The highest BCUT2D eigenvalue weighted by molar-refractivity contribution is 6.30. The zero-order chi connectivity index (χ0) is 22.6. The summed E-state index contributed by atoms with van der Waals surface area (Å²) in [6.07, 6.45) is 4.03. The number of carbonyl (C=O) groups is 1. The van der Waals surface area contributed by atoms with Gasteiger partial charge in [0.15, 0.2) is 5.65 Å². The number of benzene rings is 2. The van der Waals surface area contributed by atoms with Crippen LogP contribution in [0, 0.1) is 0 Å². The Balaban J connectivity index is 1.80. The quantitative estimate of drug-likeness (QED) is 0.408. The van der Waals surface area contributed by atoms with Gasteiger partial charge in [0, 0.05) is 30.4 Å². The second-order valence-corrected chi connectivity index (χ2v) is 8.31. The van der Waals surface area contributed by atoms with Crippen LogP contribution in [0.2, 0.25) is 5.02 Å². The Labute approximate surface area is 192 Å². The number of carbonyl (C=O) groups excluding carboxylic acids is 1. The third kappa shape index (κ3) is 4.38. The van der Waals surface area contributed by atoms with Gasteiger partial charge in [-0.25, -0.2) is 9.50 Å². The van der Waals surface area contributed by atoms with Gasteiger partial charge in [-0.1, -0.05) is 54.1 Å². The first-order valence-electron chi connectivity index (χ1n) is 10.4. The zero-order valence-electron chi connectivity index (χ0n) is 18.1. The smallest absolute Gasteiger partial charge is 0.232 e. The molecule has 1 amide bonds. The molecular formula is C25H25ClN4O2. The number of ether oxygens (including phenoxy) is 1. The molecule has 1 N–H and O–H groups in total. The molecular weight excluding hydrogens is 424 g/mol. The Kier molecular flexibility index (Phi) is 6.53. The number of hydrogen-bond acceptors (Lipinski definition) is 4. The second-order valence-electron chi connectivity index (χ2n) is 7.87. The summed E-state index contributed by atoms with van der Waals surface area (Å²) in [7, 11) is 1.61. The minimum absolute atomic E-state index is 0.0885. The van der Waals surface area contributed by atoms with E-state index in [-0.39, 0.29) is 5.91 Å². The average molecular weight is 449 g/mol. The van der Waals surface area contributed by atoms with Gasteiger partial charge in [-0.15, -0.1) is 0 Å². The first kappa shape index (κ1) is 22.0. The molecule has 0 bridgehead atoms. The fourth-order valence-electron chi connectivity index (χ4n) is 3.90. The summed E-state index contributed by atoms with van der Waals surface area (Å²) < 4.78 is 6.87. The van der Waals surface area contributed by atoms with Crippen molar-refractivity contribution in [3.63, 3.8) is 0 Å². The SMILES string of the molecule is COCCNC(=O)C(C)(Cc1ccccc1)c1ccnc2c(-c3ccc(Cl)cc3)cnn12. The molecule has 0 fully saturated rings. The number of fused-ring (bicyclic) bond motifs is 1. The number of rotatable bonds is 8. The molecule has 7 heteroatoms. The van der Waals surface area contributed by atoms with Crippen LogP contribution in [0.5, 0.6) is 0 Å². The van der Waals surface area contributed by atoms with E-state index < -0.39 is 5.41 Å². The highest BCUT2D eigenvalue weighted by atomic mass is 35.5. The van der Waals surface area contributed by atoms with E-state index in [9.17, 15) is 4.79 Å². The molecule has 0 spiro atoms. The molecule has 4 rings (SSSR count). The Morgan fingerprint density at radius 2 is 1.88 bits per heavy atom. The summed E-state index contributed by atoms with van der Waals surface area (Å²) >= 11 is 6.05. The molecule has 4 aromatic rings. The lowest BCUT2D eigenvalue weighted by Crippen LogP contribution is -2.46. The van der Waals surface area contributed by atoms with Crippen molar-refractivity contribution >= 4 is 23.2 Å². The molecule has 1 unspecified atom stereocenters. The van der Waals surface area contributed by atoms with Crippen molar-refractivity contribution in [2.24, 2.45) is 0 Å². The monoisotopic (exact) mass is 448 g/mol. The molecule has 2 heterocycles. The molecule has 2 aromatic carbocycles. The molecule has 1 atom stereocenters. The fraction of sp³-hybridized carbons (Fsp3) is 0.240. The maximum atomic E-state index is 13.5. The van der Waals surface area contributed by atoms with Crippen LogP contribution in [-0.4, -0.2) is 40.8 Å². The van der Waals surface area contributed by atoms with Crippen molar-refractivity contribution < 1.29 is 9.53 Å². The Hall–Kier alpha value is -3.22. The zero-order valence-corrected chi connectivity index (χ0v) is 18.8. The summed E-state index contributed by atoms with van der Waals surface area (Å²) in [4.78, 5) is 18.0. The summed E-state index contributed by atoms with van der Waals surface area (Å²) in [5.41, 5.74) is 3.48. The molecule has 6 nitrogen and oxygen atoms in total. The normalized spacial score (nSPS) is 13.1. The number of methoxy groups -OCH3 is 1. The predicted molar refractivity (Wildman–Crippen MR) is 126 cm³/mol. The maximum absolute atomic E-state index is 13.5. The lowest BCUT2D eigenvalue weighted by Gasteiger charge is -2.29. The molecule has 0 aliphatic heterocycles. The number of hydrogen-bond donors (Lipinski definition) is 1. The lowest BCUT2D eigenvalue weighted by atomic mass is 9.79. The second kappa shape index (κ2) is 9.51. The molecule has 0 saturated heterocycles. The van der Waals surface area contributed by atoms with Crippen LogP contribution in [-0.2, 0) is 21.4 Å². The van der Waals surface area contributed by atoms with Gasteiger partial charge in [0.25, 0.3) is 0 Å². The van der Waals surface area contributed by atoms with Crippen molar-refractivity contribution in [2.75, 3.05) is 20.3 Å². The van der Waals surface area contributed by atoms with E-state index in [4.69, 9.17) is 16.3 Å².